The molecule has 0 saturated carbocycles. The molecular formula is C49H88O10. The SMILES string of the molecule is CCCCCCOCCOCCOC(=O)CCCCCCCCCCOc1ccc(C)cc1OCCCCCCCCCCC(=O)OCCOCCOCCCCCC. The van der Waals surface area contributed by atoms with Gasteiger partial charge >= 0.3 is 11.9 Å². The third kappa shape index (κ3) is 38.3. The molecule has 0 unspecified atom stereocenters. The van der Waals surface area contributed by atoms with Gasteiger partial charge in [-0.25, -0.2) is 0 Å². The van der Waals surface area contributed by atoms with Gasteiger partial charge in [-0.3, -0.25) is 9.59 Å². The molecule has 0 radical (unpaired) electrons. The number of rotatable bonds is 46. The van der Waals surface area contributed by atoms with Gasteiger partial charge in [-0.15, -0.1) is 0 Å². The molecule has 0 N–H and O–H groups in total. The zero-order valence-corrected chi connectivity index (χ0v) is 38.2. The van der Waals surface area contributed by atoms with Crippen molar-refractivity contribution in [3.05, 3.63) is 23.8 Å². The van der Waals surface area contributed by atoms with Crippen molar-refractivity contribution in [1.82, 2.24) is 0 Å². The molecule has 0 atom stereocenters. The molecule has 10 heteroatoms. The molecule has 0 spiro atoms. The number of ether oxygens (including phenoxy) is 8. The minimum absolute atomic E-state index is 0.126. The lowest BCUT2D eigenvalue weighted by atomic mass is 10.1. The van der Waals surface area contributed by atoms with Crippen LogP contribution in [0.25, 0.3) is 0 Å². The molecular weight excluding hydrogens is 749 g/mol. The van der Waals surface area contributed by atoms with E-state index in [4.69, 9.17) is 37.9 Å². The molecule has 1 rings (SSSR count). The van der Waals surface area contributed by atoms with Crippen molar-refractivity contribution < 1.29 is 47.5 Å². The monoisotopic (exact) mass is 837 g/mol. The number of esters is 2. The molecule has 1 aromatic rings. The largest absolute Gasteiger partial charge is 0.490 e. The van der Waals surface area contributed by atoms with Gasteiger partial charge in [-0.05, 0) is 63.1 Å². The summed E-state index contributed by atoms with van der Waals surface area (Å²) in [5, 5.41) is 0. The fourth-order valence-corrected chi connectivity index (χ4v) is 6.55. The highest BCUT2D eigenvalue weighted by Gasteiger charge is 2.07. The van der Waals surface area contributed by atoms with Crippen LogP contribution in [0, 0.1) is 6.92 Å². The topological polar surface area (TPSA) is 108 Å². The van der Waals surface area contributed by atoms with E-state index in [9.17, 15) is 9.59 Å². The third-order valence-electron chi connectivity index (χ3n) is 10.2. The Bertz CT molecular complexity index is 1070. The molecule has 0 amide bonds. The molecule has 0 aliphatic carbocycles. The van der Waals surface area contributed by atoms with Gasteiger partial charge in [-0.1, -0.05) is 135 Å². The lowest BCUT2D eigenvalue weighted by Crippen LogP contribution is -2.13. The van der Waals surface area contributed by atoms with E-state index >= 15 is 0 Å². The van der Waals surface area contributed by atoms with Crippen molar-refractivity contribution in [3.8, 4) is 11.5 Å². The van der Waals surface area contributed by atoms with Crippen LogP contribution in [0.2, 0.25) is 0 Å². The van der Waals surface area contributed by atoms with E-state index in [2.05, 4.69) is 32.9 Å². The summed E-state index contributed by atoms with van der Waals surface area (Å²) in [4.78, 5) is 23.9. The van der Waals surface area contributed by atoms with E-state index in [0.29, 0.717) is 78.9 Å². The fraction of sp³-hybridized carbons (Fsp3) is 0.837. The molecule has 10 nitrogen and oxygen atoms in total. The predicted molar refractivity (Wildman–Crippen MR) is 239 cm³/mol. The Balaban J connectivity index is 1.91. The Morgan fingerprint density at radius 2 is 0.712 bits per heavy atom. The quantitative estimate of drug-likeness (QED) is 0.0465. The molecule has 1 aromatic carbocycles. The van der Waals surface area contributed by atoms with E-state index in [1.807, 2.05) is 6.07 Å². The van der Waals surface area contributed by atoms with Crippen molar-refractivity contribution in [2.24, 2.45) is 0 Å². The first-order valence-electron chi connectivity index (χ1n) is 24.0. The van der Waals surface area contributed by atoms with Crippen LogP contribution in [0.3, 0.4) is 0 Å². The van der Waals surface area contributed by atoms with Crippen molar-refractivity contribution in [1.29, 1.82) is 0 Å². The smallest absolute Gasteiger partial charge is 0.305 e. The number of unbranched alkanes of at least 4 members (excludes halogenated alkanes) is 20. The second kappa shape index (κ2) is 43.7. The number of hydrogen-bond donors (Lipinski definition) is 0. The van der Waals surface area contributed by atoms with Crippen LogP contribution in [0.5, 0.6) is 11.5 Å². The molecule has 0 saturated heterocycles. The maximum atomic E-state index is 12.0. The van der Waals surface area contributed by atoms with Gasteiger partial charge in [0.05, 0.1) is 52.9 Å². The minimum Gasteiger partial charge on any atom is -0.490 e. The number of aryl methyl sites for hydroxylation is 1. The van der Waals surface area contributed by atoms with Gasteiger partial charge in [0.2, 0.25) is 0 Å². The highest BCUT2D eigenvalue weighted by atomic mass is 16.6. The Morgan fingerprint density at radius 1 is 0.373 bits per heavy atom. The average molecular weight is 837 g/mol. The summed E-state index contributed by atoms with van der Waals surface area (Å²) in [5.74, 6) is 1.43. The van der Waals surface area contributed by atoms with Crippen molar-refractivity contribution >= 4 is 11.9 Å². The normalized spacial score (nSPS) is 11.2. The van der Waals surface area contributed by atoms with Crippen molar-refractivity contribution in [2.75, 3.05) is 79.3 Å². The first kappa shape index (κ1) is 54.6. The highest BCUT2D eigenvalue weighted by molar-refractivity contribution is 5.69. The first-order valence-corrected chi connectivity index (χ1v) is 24.0. The Kier molecular flexibility index (Phi) is 40.4. The zero-order valence-electron chi connectivity index (χ0n) is 38.2. The minimum atomic E-state index is -0.126. The van der Waals surface area contributed by atoms with Crippen LogP contribution in [0.15, 0.2) is 18.2 Å². The molecule has 0 heterocycles. The first-order chi connectivity index (χ1) is 29.1. The molecule has 0 aliphatic heterocycles. The Labute approximate surface area is 360 Å². The molecule has 0 fully saturated rings. The van der Waals surface area contributed by atoms with Crippen molar-refractivity contribution in [2.45, 2.75) is 188 Å². The van der Waals surface area contributed by atoms with Crippen molar-refractivity contribution in [3.63, 3.8) is 0 Å². The fourth-order valence-electron chi connectivity index (χ4n) is 6.55. The standard InChI is InChI=1S/C49H88O10/c1-4-6-8-24-32-52-36-38-54-40-42-58-48(50)28-22-18-14-10-12-16-20-26-34-56-46-31-30-45(3)44-47(46)57-35-27-21-17-13-11-15-19-23-29-49(51)59-43-41-55-39-37-53-33-25-9-7-5-2/h30-31,44H,4-29,32-43H2,1-3H3. The maximum Gasteiger partial charge on any atom is 0.305 e. The average Bonchev–Trinajstić information content (AvgIpc) is 3.23. The summed E-state index contributed by atoms with van der Waals surface area (Å²) in [7, 11) is 0. The van der Waals surface area contributed by atoms with E-state index < -0.39 is 0 Å². The van der Waals surface area contributed by atoms with Gasteiger partial charge < -0.3 is 37.9 Å². The second-order valence-corrected chi connectivity index (χ2v) is 15.8. The van der Waals surface area contributed by atoms with Gasteiger partial charge in [0.25, 0.3) is 0 Å². The molecule has 0 bridgehead atoms. The maximum absolute atomic E-state index is 12.0. The van der Waals surface area contributed by atoms with Gasteiger partial charge in [0.1, 0.15) is 13.2 Å². The van der Waals surface area contributed by atoms with Crippen LogP contribution in [-0.2, 0) is 38.0 Å². The molecule has 0 aromatic heterocycles. The van der Waals surface area contributed by atoms with Crippen LogP contribution in [0.4, 0.5) is 0 Å². The molecule has 344 valence electrons. The zero-order chi connectivity index (χ0) is 42.5. The third-order valence-corrected chi connectivity index (χ3v) is 10.2. The van der Waals surface area contributed by atoms with E-state index in [0.717, 1.165) is 102 Å². The summed E-state index contributed by atoms with van der Waals surface area (Å²) < 4.78 is 44.9. The lowest BCUT2D eigenvalue weighted by molar-refractivity contribution is -0.146. The number of hydrogen-bond acceptors (Lipinski definition) is 10. The highest BCUT2D eigenvalue weighted by Crippen LogP contribution is 2.29. The summed E-state index contributed by atoms with van der Waals surface area (Å²) in [5.41, 5.74) is 1.17. The van der Waals surface area contributed by atoms with Gasteiger partial charge in [-0.2, -0.15) is 0 Å². The predicted octanol–water partition coefficient (Wildman–Crippen LogP) is 12.1. The second-order valence-electron chi connectivity index (χ2n) is 15.8. The van der Waals surface area contributed by atoms with Crippen LogP contribution in [-0.4, -0.2) is 91.2 Å². The summed E-state index contributed by atoms with van der Waals surface area (Å²) in [6.07, 6.45) is 28.5. The number of carbonyl (C=O) groups is 2. The van der Waals surface area contributed by atoms with Crippen LogP contribution >= 0.6 is 0 Å². The van der Waals surface area contributed by atoms with E-state index in [1.165, 1.54) is 82.6 Å². The lowest BCUT2D eigenvalue weighted by Gasteiger charge is -2.13. The van der Waals surface area contributed by atoms with Crippen LogP contribution < -0.4 is 9.47 Å². The number of benzene rings is 1. The molecule has 0 aliphatic rings. The van der Waals surface area contributed by atoms with E-state index in [-0.39, 0.29) is 11.9 Å². The van der Waals surface area contributed by atoms with E-state index in [1.54, 1.807) is 0 Å². The summed E-state index contributed by atoms with van der Waals surface area (Å²) >= 11 is 0. The Morgan fingerprint density at radius 3 is 1.15 bits per heavy atom. The Hall–Kier alpha value is -2.40. The number of carbonyl (C=O) groups excluding carboxylic acids is 2. The van der Waals surface area contributed by atoms with Gasteiger partial charge in [0, 0.05) is 26.1 Å². The molecule has 59 heavy (non-hydrogen) atoms. The summed E-state index contributed by atoms with van der Waals surface area (Å²) in [6.45, 7) is 13.3. The van der Waals surface area contributed by atoms with Crippen LogP contribution in [0.1, 0.15) is 186 Å². The summed E-state index contributed by atoms with van der Waals surface area (Å²) in [6, 6.07) is 6.19. The van der Waals surface area contributed by atoms with Gasteiger partial charge in [0.15, 0.2) is 11.5 Å².